The number of H-pyrrole nitrogens is 1. The van der Waals surface area contributed by atoms with Gasteiger partial charge in [0.1, 0.15) is 17.7 Å². The predicted octanol–water partition coefficient (Wildman–Crippen LogP) is 3.15. The Morgan fingerprint density at radius 2 is 2.12 bits per heavy atom. The van der Waals surface area contributed by atoms with Crippen molar-refractivity contribution in [1.82, 2.24) is 19.9 Å². The maximum Gasteiger partial charge on any atom is 0.220 e. The van der Waals surface area contributed by atoms with Crippen molar-refractivity contribution < 1.29 is 9.13 Å². The van der Waals surface area contributed by atoms with Gasteiger partial charge in [0.05, 0.1) is 0 Å². The molecule has 0 saturated carbocycles. The highest BCUT2D eigenvalue weighted by Gasteiger charge is 2.27. The Balaban J connectivity index is 1.42. The molecule has 0 radical (unpaired) electrons. The molecule has 5 nitrogen and oxygen atoms in total. The Labute approximate surface area is 145 Å². The molecule has 0 bridgehead atoms. The molecule has 3 heterocycles. The van der Waals surface area contributed by atoms with Crippen LogP contribution in [-0.2, 0) is 13.0 Å². The van der Waals surface area contributed by atoms with Crippen molar-refractivity contribution in [1.29, 1.82) is 0 Å². The van der Waals surface area contributed by atoms with E-state index in [-0.39, 0.29) is 11.9 Å². The number of aromatic amines is 1. The van der Waals surface area contributed by atoms with Gasteiger partial charge in [0, 0.05) is 47.4 Å². The number of likely N-dealkylation sites (N-methyl/N-ethyl adjacent to an activating group) is 1. The minimum absolute atomic E-state index is 0.0802. The fourth-order valence-corrected chi connectivity index (χ4v) is 3.52. The number of hydrogen-bond acceptors (Lipinski definition) is 4. The third kappa shape index (κ3) is 3.22. The van der Waals surface area contributed by atoms with Gasteiger partial charge < -0.3 is 9.72 Å². The van der Waals surface area contributed by atoms with Crippen LogP contribution in [0.5, 0.6) is 5.88 Å². The standard InChI is InChI=1S/C19H21FN4O/c1-11-17-8-16(25-19(17)22-12(2)21-11)10-24(3)9-15-7-13-6-14(20)4-5-18(13)23-15/h4-7,16,23H,8-10H2,1-3H3. The largest absolute Gasteiger partial charge is 0.472 e. The zero-order valence-electron chi connectivity index (χ0n) is 14.6. The molecule has 1 N–H and O–H groups in total. The van der Waals surface area contributed by atoms with Crippen molar-refractivity contribution in [2.75, 3.05) is 13.6 Å². The first-order chi connectivity index (χ1) is 12.0. The van der Waals surface area contributed by atoms with Gasteiger partial charge in [-0.1, -0.05) is 0 Å². The lowest BCUT2D eigenvalue weighted by Gasteiger charge is -2.19. The summed E-state index contributed by atoms with van der Waals surface area (Å²) in [7, 11) is 2.06. The van der Waals surface area contributed by atoms with Crippen LogP contribution in [0.25, 0.3) is 10.9 Å². The third-order valence-electron chi connectivity index (χ3n) is 4.59. The van der Waals surface area contributed by atoms with E-state index in [4.69, 9.17) is 4.74 Å². The second-order valence-electron chi connectivity index (χ2n) is 6.81. The maximum absolute atomic E-state index is 13.3. The van der Waals surface area contributed by atoms with Crippen LogP contribution in [0, 0.1) is 19.7 Å². The molecule has 0 spiro atoms. The fraction of sp³-hybridized carbons (Fsp3) is 0.368. The van der Waals surface area contributed by atoms with Gasteiger partial charge in [-0.2, -0.15) is 4.98 Å². The summed E-state index contributed by atoms with van der Waals surface area (Å²) in [5.74, 6) is 1.26. The Kier molecular flexibility index (Phi) is 3.92. The zero-order chi connectivity index (χ0) is 17.6. The molecular weight excluding hydrogens is 319 g/mol. The molecule has 4 rings (SSSR count). The number of rotatable bonds is 4. The molecule has 1 unspecified atom stereocenters. The first kappa shape index (κ1) is 16.0. The van der Waals surface area contributed by atoms with E-state index in [0.717, 1.165) is 59.1 Å². The van der Waals surface area contributed by atoms with E-state index >= 15 is 0 Å². The van der Waals surface area contributed by atoms with E-state index in [1.54, 1.807) is 12.1 Å². The molecule has 1 atom stereocenters. The Morgan fingerprint density at radius 3 is 2.96 bits per heavy atom. The van der Waals surface area contributed by atoms with E-state index in [1.807, 2.05) is 19.9 Å². The van der Waals surface area contributed by atoms with E-state index in [0.29, 0.717) is 0 Å². The Bertz CT molecular complexity index is 937. The monoisotopic (exact) mass is 340 g/mol. The highest BCUT2D eigenvalue weighted by molar-refractivity contribution is 5.80. The smallest absolute Gasteiger partial charge is 0.220 e. The van der Waals surface area contributed by atoms with Crippen LogP contribution in [0.4, 0.5) is 4.39 Å². The number of aromatic nitrogens is 3. The average molecular weight is 340 g/mol. The lowest BCUT2D eigenvalue weighted by molar-refractivity contribution is 0.160. The van der Waals surface area contributed by atoms with Crippen LogP contribution in [0.1, 0.15) is 22.8 Å². The molecule has 0 fully saturated rings. The lowest BCUT2D eigenvalue weighted by atomic mass is 10.1. The summed E-state index contributed by atoms with van der Waals surface area (Å²) in [4.78, 5) is 14.4. The molecule has 2 aromatic heterocycles. The van der Waals surface area contributed by atoms with Gasteiger partial charge in [-0.15, -0.1) is 0 Å². The number of nitrogens with zero attached hydrogens (tertiary/aromatic N) is 3. The summed E-state index contributed by atoms with van der Waals surface area (Å²) >= 11 is 0. The molecule has 0 amide bonds. The number of ether oxygens (including phenoxy) is 1. The normalized spacial score (nSPS) is 16.4. The number of aryl methyl sites for hydroxylation is 2. The topological polar surface area (TPSA) is 54.0 Å². The van der Waals surface area contributed by atoms with E-state index in [9.17, 15) is 4.39 Å². The molecule has 6 heteroatoms. The van der Waals surface area contributed by atoms with Gasteiger partial charge in [-0.3, -0.25) is 4.90 Å². The van der Waals surface area contributed by atoms with Gasteiger partial charge >= 0.3 is 0 Å². The van der Waals surface area contributed by atoms with Crippen LogP contribution in [0.2, 0.25) is 0 Å². The second kappa shape index (κ2) is 6.11. The zero-order valence-corrected chi connectivity index (χ0v) is 14.6. The second-order valence-corrected chi connectivity index (χ2v) is 6.81. The summed E-state index contributed by atoms with van der Waals surface area (Å²) in [5.41, 5.74) is 4.14. The SMILES string of the molecule is Cc1nc(C)c2c(n1)OC(CN(C)Cc1cc3cc(F)ccc3[nH]1)C2. The number of hydrogen-bond donors (Lipinski definition) is 1. The highest BCUT2D eigenvalue weighted by Crippen LogP contribution is 2.29. The molecule has 130 valence electrons. The molecule has 25 heavy (non-hydrogen) atoms. The summed E-state index contributed by atoms with van der Waals surface area (Å²) < 4.78 is 19.3. The predicted molar refractivity (Wildman–Crippen MR) is 94.2 cm³/mol. The van der Waals surface area contributed by atoms with Crippen LogP contribution in [0.15, 0.2) is 24.3 Å². The quantitative estimate of drug-likeness (QED) is 0.793. The summed E-state index contributed by atoms with van der Waals surface area (Å²) in [6.45, 7) is 5.43. The van der Waals surface area contributed by atoms with Gasteiger partial charge in [0.2, 0.25) is 5.88 Å². The minimum atomic E-state index is -0.213. The highest BCUT2D eigenvalue weighted by atomic mass is 19.1. The Hall–Kier alpha value is -2.47. The van der Waals surface area contributed by atoms with Gasteiger partial charge in [-0.25, -0.2) is 9.37 Å². The van der Waals surface area contributed by atoms with Gasteiger partial charge in [-0.05, 0) is 45.2 Å². The molecule has 0 aliphatic carbocycles. The number of nitrogens with one attached hydrogen (secondary N) is 1. The molecule has 1 aromatic carbocycles. The summed E-state index contributed by atoms with van der Waals surface area (Å²) in [5, 5.41) is 0.897. The van der Waals surface area contributed by atoms with Gasteiger partial charge in [0.15, 0.2) is 0 Å². The fourth-order valence-electron chi connectivity index (χ4n) is 3.52. The number of benzene rings is 1. The molecule has 1 aliphatic rings. The van der Waals surface area contributed by atoms with E-state index in [1.165, 1.54) is 6.07 Å². The lowest BCUT2D eigenvalue weighted by Crippen LogP contribution is -2.31. The molecule has 0 saturated heterocycles. The first-order valence-electron chi connectivity index (χ1n) is 8.44. The summed E-state index contributed by atoms with van der Waals surface area (Å²) in [6, 6.07) is 6.80. The first-order valence-corrected chi connectivity index (χ1v) is 8.44. The molecular formula is C19H21FN4O. The Morgan fingerprint density at radius 1 is 1.28 bits per heavy atom. The maximum atomic E-state index is 13.3. The van der Waals surface area contributed by atoms with E-state index < -0.39 is 0 Å². The van der Waals surface area contributed by atoms with Gasteiger partial charge in [0.25, 0.3) is 0 Å². The van der Waals surface area contributed by atoms with Crippen molar-refractivity contribution in [3.05, 3.63) is 52.9 Å². The summed E-state index contributed by atoms with van der Waals surface area (Å²) in [6.07, 6.45) is 0.917. The van der Waals surface area contributed by atoms with Crippen molar-refractivity contribution >= 4 is 10.9 Å². The van der Waals surface area contributed by atoms with Crippen molar-refractivity contribution in [2.45, 2.75) is 32.9 Å². The van der Waals surface area contributed by atoms with Crippen molar-refractivity contribution in [3.63, 3.8) is 0 Å². The number of halogens is 1. The number of fused-ring (bicyclic) bond motifs is 2. The average Bonchev–Trinajstić information content (AvgIpc) is 3.09. The van der Waals surface area contributed by atoms with Crippen LogP contribution < -0.4 is 4.74 Å². The minimum Gasteiger partial charge on any atom is -0.472 e. The van der Waals surface area contributed by atoms with Crippen LogP contribution in [0.3, 0.4) is 0 Å². The van der Waals surface area contributed by atoms with Crippen LogP contribution >= 0.6 is 0 Å². The van der Waals surface area contributed by atoms with Crippen molar-refractivity contribution in [2.24, 2.45) is 0 Å². The van der Waals surface area contributed by atoms with Crippen molar-refractivity contribution in [3.8, 4) is 5.88 Å². The molecule has 1 aliphatic heterocycles. The van der Waals surface area contributed by atoms with Crippen LogP contribution in [-0.4, -0.2) is 39.5 Å². The third-order valence-corrected chi connectivity index (χ3v) is 4.59. The van der Waals surface area contributed by atoms with E-state index in [2.05, 4.69) is 26.9 Å². The molecule has 3 aromatic rings.